The average molecular weight is 396 g/mol. The fourth-order valence-corrected chi connectivity index (χ4v) is 5.61. The van der Waals surface area contributed by atoms with Gasteiger partial charge >= 0.3 is 0 Å². The molecule has 0 radical (unpaired) electrons. The number of hydrogen-bond donors (Lipinski definition) is 1. The number of aromatic nitrogens is 2. The number of nitrogens with one attached hydrogen (secondary N) is 1. The van der Waals surface area contributed by atoms with E-state index in [1.165, 1.54) is 79.6 Å². The number of aliphatic imine (C=N–C) groups is 1. The van der Waals surface area contributed by atoms with Crippen LogP contribution in [0.3, 0.4) is 0 Å². The molecule has 2 saturated carbocycles. The summed E-state index contributed by atoms with van der Waals surface area (Å²) in [4.78, 5) is 13.5. The molecule has 152 valence electrons. The maximum Gasteiger partial charge on any atom is 0.110 e. The third kappa shape index (κ3) is 3.30. The second kappa shape index (κ2) is 7.54. The maximum atomic E-state index is 5.03. The van der Waals surface area contributed by atoms with Crippen molar-refractivity contribution in [1.29, 1.82) is 0 Å². The molecular formula is C27H29N3. The predicted molar refractivity (Wildman–Crippen MR) is 125 cm³/mol. The Kier molecular flexibility index (Phi) is 4.55. The standard InChI is InChI=1S/C27H29N3/c1-2-7-18(6-1)23-14-15-24(28-23)22-11-5-10-20(16-22)21-12-13-25-26(17-21)30-27(29-25)19-8-3-4-9-19/h5,10-13,15-19H,1-4,6-9,14H2,(H,29,30). The number of rotatable bonds is 4. The van der Waals surface area contributed by atoms with E-state index in [-0.39, 0.29) is 0 Å². The van der Waals surface area contributed by atoms with E-state index in [1.54, 1.807) is 0 Å². The van der Waals surface area contributed by atoms with Crippen LogP contribution in [0.25, 0.3) is 27.9 Å². The number of fused-ring (bicyclic) bond motifs is 1. The van der Waals surface area contributed by atoms with Crippen molar-refractivity contribution < 1.29 is 0 Å². The first kappa shape index (κ1) is 18.1. The topological polar surface area (TPSA) is 41.0 Å². The second-order valence-corrected chi connectivity index (χ2v) is 9.29. The number of nitrogens with zero attached hydrogens (tertiary/aromatic N) is 2. The van der Waals surface area contributed by atoms with Gasteiger partial charge in [-0.2, -0.15) is 0 Å². The average Bonchev–Trinajstić information content (AvgIpc) is 3.58. The van der Waals surface area contributed by atoms with Crippen molar-refractivity contribution in [3.05, 3.63) is 59.9 Å². The molecule has 3 heteroatoms. The van der Waals surface area contributed by atoms with Gasteiger partial charge in [0.25, 0.3) is 0 Å². The van der Waals surface area contributed by atoms with E-state index in [4.69, 9.17) is 9.98 Å². The first-order valence-electron chi connectivity index (χ1n) is 11.7. The van der Waals surface area contributed by atoms with Gasteiger partial charge in [0.1, 0.15) is 5.82 Å². The fourth-order valence-electron chi connectivity index (χ4n) is 5.61. The maximum absolute atomic E-state index is 5.03. The van der Waals surface area contributed by atoms with Crippen LogP contribution in [0.2, 0.25) is 0 Å². The number of H-pyrrole nitrogens is 1. The highest BCUT2D eigenvalue weighted by Crippen LogP contribution is 2.35. The molecule has 3 nitrogen and oxygen atoms in total. The monoisotopic (exact) mass is 395 g/mol. The van der Waals surface area contributed by atoms with Crippen LogP contribution in [0.1, 0.15) is 75.1 Å². The molecule has 1 aliphatic heterocycles. The largest absolute Gasteiger partial charge is 0.342 e. The summed E-state index contributed by atoms with van der Waals surface area (Å²) in [5.41, 5.74) is 8.52. The summed E-state index contributed by atoms with van der Waals surface area (Å²) in [7, 11) is 0. The van der Waals surface area contributed by atoms with Crippen molar-refractivity contribution in [2.75, 3.05) is 0 Å². The molecule has 2 aromatic carbocycles. The van der Waals surface area contributed by atoms with E-state index in [9.17, 15) is 0 Å². The highest BCUT2D eigenvalue weighted by atomic mass is 14.9. The quantitative estimate of drug-likeness (QED) is 0.496. The zero-order valence-electron chi connectivity index (χ0n) is 17.5. The molecule has 30 heavy (non-hydrogen) atoms. The van der Waals surface area contributed by atoms with Gasteiger partial charge in [0, 0.05) is 23.6 Å². The second-order valence-electron chi connectivity index (χ2n) is 9.29. The SMILES string of the molecule is C1=C(c2cccc(-c3ccc4nc(C5CCCC5)[nH]c4c3)c2)N=C(C2CCCC2)C1. The third-order valence-electron chi connectivity index (χ3n) is 7.33. The van der Waals surface area contributed by atoms with Crippen LogP contribution < -0.4 is 0 Å². The van der Waals surface area contributed by atoms with E-state index < -0.39 is 0 Å². The Morgan fingerprint density at radius 3 is 2.33 bits per heavy atom. The number of imidazole rings is 1. The van der Waals surface area contributed by atoms with E-state index >= 15 is 0 Å². The van der Waals surface area contributed by atoms with Crippen LogP contribution in [0.5, 0.6) is 0 Å². The van der Waals surface area contributed by atoms with Gasteiger partial charge in [-0.15, -0.1) is 0 Å². The van der Waals surface area contributed by atoms with Crippen LogP contribution >= 0.6 is 0 Å². The van der Waals surface area contributed by atoms with Gasteiger partial charge in [-0.25, -0.2) is 4.98 Å². The van der Waals surface area contributed by atoms with Gasteiger partial charge in [0.05, 0.1) is 16.7 Å². The molecule has 2 fully saturated rings. The lowest BCUT2D eigenvalue weighted by atomic mass is 10.00. The number of benzene rings is 2. The van der Waals surface area contributed by atoms with E-state index in [2.05, 4.69) is 53.5 Å². The summed E-state index contributed by atoms with van der Waals surface area (Å²) in [6.07, 6.45) is 14.0. The minimum atomic E-state index is 0.616. The summed E-state index contributed by atoms with van der Waals surface area (Å²) in [5, 5.41) is 0. The summed E-state index contributed by atoms with van der Waals surface area (Å²) < 4.78 is 0. The molecule has 0 atom stereocenters. The van der Waals surface area contributed by atoms with Gasteiger partial charge in [0.2, 0.25) is 0 Å². The van der Waals surface area contributed by atoms with E-state index in [0.717, 1.165) is 29.1 Å². The molecule has 0 bridgehead atoms. The minimum absolute atomic E-state index is 0.616. The molecule has 2 heterocycles. The summed E-state index contributed by atoms with van der Waals surface area (Å²) in [5.74, 6) is 2.52. The summed E-state index contributed by atoms with van der Waals surface area (Å²) >= 11 is 0. The Balaban J connectivity index is 1.29. The van der Waals surface area contributed by atoms with Crippen LogP contribution in [0.15, 0.2) is 53.5 Å². The molecule has 3 aliphatic rings. The van der Waals surface area contributed by atoms with Gasteiger partial charge in [0.15, 0.2) is 0 Å². The molecule has 3 aromatic rings. The van der Waals surface area contributed by atoms with Crippen LogP contribution in [0.4, 0.5) is 0 Å². The Morgan fingerprint density at radius 2 is 1.50 bits per heavy atom. The molecule has 0 amide bonds. The van der Waals surface area contributed by atoms with Crippen LogP contribution in [-0.2, 0) is 0 Å². The lowest BCUT2D eigenvalue weighted by Crippen LogP contribution is -2.07. The molecule has 6 rings (SSSR count). The van der Waals surface area contributed by atoms with E-state index in [1.807, 2.05) is 0 Å². The third-order valence-corrected chi connectivity index (χ3v) is 7.33. The lowest BCUT2D eigenvalue weighted by Gasteiger charge is -2.08. The zero-order valence-corrected chi connectivity index (χ0v) is 17.5. The van der Waals surface area contributed by atoms with Crippen molar-refractivity contribution in [1.82, 2.24) is 9.97 Å². The number of aromatic amines is 1. The Morgan fingerprint density at radius 1 is 0.767 bits per heavy atom. The highest BCUT2D eigenvalue weighted by Gasteiger charge is 2.23. The first-order chi connectivity index (χ1) is 14.8. The molecule has 0 saturated heterocycles. The molecule has 1 N–H and O–H groups in total. The Hall–Kier alpha value is -2.68. The van der Waals surface area contributed by atoms with E-state index in [0.29, 0.717) is 5.92 Å². The molecule has 2 aliphatic carbocycles. The predicted octanol–water partition coefficient (Wildman–Crippen LogP) is 7.26. The smallest absolute Gasteiger partial charge is 0.110 e. The molecular weight excluding hydrogens is 366 g/mol. The van der Waals surface area contributed by atoms with Crippen molar-refractivity contribution in [3.8, 4) is 11.1 Å². The molecule has 0 unspecified atom stereocenters. The Labute approximate surface area is 178 Å². The van der Waals surface area contributed by atoms with Gasteiger partial charge in [-0.3, -0.25) is 4.99 Å². The molecule has 1 aromatic heterocycles. The van der Waals surface area contributed by atoms with Crippen LogP contribution in [0, 0.1) is 5.92 Å². The Bertz CT molecular complexity index is 1140. The van der Waals surface area contributed by atoms with Crippen molar-refractivity contribution in [3.63, 3.8) is 0 Å². The number of hydrogen-bond acceptors (Lipinski definition) is 2. The highest BCUT2D eigenvalue weighted by molar-refractivity contribution is 5.97. The van der Waals surface area contributed by atoms with Crippen molar-refractivity contribution in [2.45, 2.75) is 63.7 Å². The molecule has 0 spiro atoms. The van der Waals surface area contributed by atoms with Gasteiger partial charge < -0.3 is 4.98 Å². The van der Waals surface area contributed by atoms with Crippen molar-refractivity contribution >= 4 is 22.4 Å². The van der Waals surface area contributed by atoms with Gasteiger partial charge in [-0.1, -0.05) is 56.0 Å². The summed E-state index contributed by atoms with van der Waals surface area (Å²) in [6.45, 7) is 0. The fraction of sp³-hybridized carbons (Fsp3) is 0.407. The minimum Gasteiger partial charge on any atom is -0.342 e. The summed E-state index contributed by atoms with van der Waals surface area (Å²) in [6, 6.07) is 15.5. The normalized spacial score (nSPS) is 20.3. The zero-order chi connectivity index (χ0) is 19.9. The lowest BCUT2D eigenvalue weighted by molar-refractivity contribution is 0.681. The van der Waals surface area contributed by atoms with Gasteiger partial charge in [-0.05, 0) is 60.9 Å². The van der Waals surface area contributed by atoms with Crippen LogP contribution in [-0.4, -0.2) is 15.7 Å². The number of allylic oxidation sites excluding steroid dienone is 1. The first-order valence-corrected chi connectivity index (χ1v) is 11.7. The van der Waals surface area contributed by atoms with Crippen molar-refractivity contribution in [2.24, 2.45) is 10.9 Å².